The molecule has 0 saturated heterocycles. The summed E-state index contributed by atoms with van der Waals surface area (Å²) in [5, 5.41) is 0.316. The first kappa shape index (κ1) is 15.5. The lowest BCUT2D eigenvalue weighted by Crippen LogP contribution is -2.15. The predicted molar refractivity (Wildman–Crippen MR) is 84.4 cm³/mol. The van der Waals surface area contributed by atoms with Crippen LogP contribution in [0, 0.1) is 6.92 Å². The van der Waals surface area contributed by atoms with E-state index in [1.165, 1.54) is 25.3 Å². The zero-order chi connectivity index (χ0) is 15.6. The topological polar surface area (TPSA) is 81.4 Å². The van der Waals surface area contributed by atoms with Gasteiger partial charge in [-0.1, -0.05) is 17.7 Å². The fourth-order valence-corrected chi connectivity index (χ4v) is 3.22. The minimum Gasteiger partial charge on any atom is -0.497 e. The molecule has 0 heterocycles. The molecule has 0 saturated carbocycles. The zero-order valence-corrected chi connectivity index (χ0v) is 13.1. The molecule has 0 radical (unpaired) electrons. The number of halogens is 1. The maximum Gasteiger partial charge on any atom is 0.263 e. The second-order valence-corrected chi connectivity index (χ2v) is 6.55. The number of hydrogen-bond acceptors (Lipinski definition) is 4. The van der Waals surface area contributed by atoms with Gasteiger partial charge in [-0.15, -0.1) is 0 Å². The van der Waals surface area contributed by atoms with E-state index in [4.69, 9.17) is 22.1 Å². The summed E-state index contributed by atoms with van der Waals surface area (Å²) in [6, 6.07) is 9.45. The van der Waals surface area contributed by atoms with Crippen LogP contribution in [0.15, 0.2) is 41.3 Å². The van der Waals surface area contributed by atoms with Gasteiger partial charge in [0.25, 0.3) is 10.0 Å². The van der Waals surface area contributed by atoms with E-state index in [2.05, 4.69) is 4.72 Å². The molecule has 0 spiro atoms. The monoisotopic (exact) mass is 326 g/mol. The average Bonchev–Trinajstić information content (AvgIpc) is 2.42. The lowest BCUT2D eigenvalue weighted by Gasteiger charge is -2.12. The highest BCUT2D eigenvalue weighted by atomic mass is 35.5. The molecule has 112 valence electrons. The van der Waals surface area contributed by atoms with Gasteiger partial charge in [-0.3, -0.25) is 4.72 Å². The standard InChI is InChI=1S/C14H15ClN2O3S/c1-9-3-5-11(15)13(7-9)17-21(18,19)14-6-4-10(20-2)8-12(14)16/h3-8,17H,16H2,1-2H3. The summed E-state index contributed by atoms with van der Waals surface area (Å²) in [5.74, 6) is 0.486. The highest BCUT2D eigenvalue weighted by molar-refractivity contribution is 7.92. The number of rotatable bonds is 4. The van der Waals surface area contributed by atoms with Crippen LogP contribution in [0.5, 0.6) is 5.75 Å². The molecule has 0 aromatic heterocycles. The number of anilines is 2. The van der Waals surface area contributed by atoms with E-state index in [1.807, 2.05) is 6.92 Å². The second kappa shape index (κ2) is 5.83. The van der Waals surface area contributed by atoms with Gasteiger partial charge < -0.3 is 10.5 Å². The molecule has 2 rings (SSSR count). The average molecular weight is 327 g/mol. The molecular formula is C14H15ClN2O3S. The molecule has 5 nitrogen and oxygen atoms in total. The molecular weight excluding hydrogens is 312 g/mol. The Bertz CT molecular complexity index is 776. The number of ether oxygens (including phenoxy) is 1. The van der Waals surface area contributed by atoms with Gasteiger partial charge in [0.15, 0.2) is 0 Å². The number of hydrogen-bond donors (Lipinski definition) is 2. The van der Waals surface area contributed by atoms with E-state index >= 15 is 0 Å². The summed E-state index contributed by atoms with van der Waals surface area (Å²) in [5.41, 5.74) is 7.08. The van der Waals surface area contributed by atoms with Gasteiger partial charge in [-0.2, -0.15) is 0 Å². The SMILES string of the molecule is COc1ccc(S(=O)(=O)Nc2cc(C)ccc2Cl)c(N)c1. The summed E-state index contributed by atoms with van der Waals surface area (Å²) in [6.07, 6.45) is 0. The van der Waals surface area contributed by atoms with E-state index < -0.39 is 10.0 Å². The van der Waals surface area contributed by atoms with E-state index in [-0.39, 0.29) is 10.6 Å². The predicted octanol–water partition coefficient (Wildman–Crippen LogP) is 3.04. The molecule has 0 atom stereocenters. The van der Waals surface area contributed by atoms with Crippen LogP contribution in [0.25, 0.3) is 0 Å². The van der Waals surface area contributed by atoms with Crippen molar-refractivity contribution in [2.24, 2.45) is 0 Å². The number of nitrogens with one attached hydrogen (secondary N) is 1. The number of benzene rings is 2. The lowest BCUT2D eigenvalue weighted by molar-refractivity contribution is 0.414. The Labute approximate surface area is 128 Å². The fourth-order valence-electron chi connectivity index (χ4n) is 1.82. The number of nitrogen functional groups attached to an aromatic ring is 1. The van der Waals surface area contributed by atoms with Crippen LogP contribution < -0.4 is 15.2 Å². The maximum absolute atomic E-state index is 12.4. The molecule has 2 aromatic rings. The summed E-state index contributed by atoms with van der Waals surface area (Å²) < 4.78 is 32.2. The van der Waals surface area contributed by atoms with Gasteiger partial charge in [0, 0.05) is 6.07 Å². The van der Waals surface area contributed by atoms with Crippen molar-refractivity contribution in [2.75, 3.05) is 17.6 Å². The number of methoxy groups -OCH3 is 1. The third kappa shape index (κ3) is 3.40. The van der Waals surface area contributed by atoms with Gasteiger partial charge in [-0.25, -0.2) is 8.42 Å². The second-order valence-electron chi connectivity index (χ2n) is 4.49. The van der Waals surface area contributed by atoms with Crippen LogP contribution >= 0.6 is 11.6 Å². The van der Waals surface area contributed by atoms with E-state index in [1.54, 1.807) is 18.2 Å². The Morgan fingerprint density at radius 1 is 1.19 bits per heavy atom. The third-order valence-electron chi connectivity index (χ3n) is 2.87. The molecule has 3 N–H and O–H groups in total. The molecule has 0 unspecified atom stereocenters. The van der Waals surface area contributed by atoms with Crippen molar-refractivity contribution in [1.82, 2.24) is 0 Å². The Morgan fingerprint density at radius 3 is 2.52 bits per heavy atom. The van der Waals surface area contributed by atoms with Crippen molar-refractivity contribution in [3.8, 4) is 5.75 Å². The number of sulfonamides is 1. The smallest absolute Gasteiger partial charge is 0.263 e. The van der Waals surface area contributed by atoms with Crippen LogP contribution in [-0.4, -0.2) is 15.5 Å². The van der Waals surface area contributed by atoms with Crippen molar-refractivity contribution in [3.05, 3.63) is 47.0 Å². The van der Waals surface area contributed by atoms with Gasteiger partial charge in [0.2, 0.25) is 0 Å². The van der Waals surface area contributed by atoms with Crippen LogP contribution in [0.4, 0.5) is 11.4 Å². The van der Waals surface area contributed by atoms with Gasteiger partial charge >= 0.3 is 0 Å². The Hall–Kier alpha value is -1.92. The van der Waals surface area contributed by atoms with Crippen molar-refractivity contribution >= 4 is 33.0 Å². The van der Waals surface area contributed by atoms with Gasteiger partial charge in [0.05, 0.1) is 23.5 Å². The van der Waals surface area contributed by atoms with Crippen LogP contribution in [0.2, 0.25) is 5.02 Å². The Morgan fingerprint density at radius 2 is 1.90 bits per heavy atom. The van der Waals surface area contributed by atoms with Gasteiger partial charge in [0.1, 0.15) is 10.6 Å². The van der Waals surface area contributed by atoms with Crippen molar-refractivity contribution in [2.45, 2.75) is 11.8 Å². The van der Waals surface area contributed by atoms with Gasteiger partial charge in [-0.05, 0) is 36.8 Å². The van der Waals surface area contributed by atoms with Crippen molar-refractivity contribution < 1.29 is 13.2 Å². The highest BCUT2D eigenvalue weighted by Crippen LogP contribution is 2.29. The minimum absolute atomic E-state index is 0.0270. The molecule has 21 heavy (non-hydrogen) atoms. The van der Waals surface area contributed by atoms with E-state index in [9.17, 15) is 8.42 Å². The zero-order valence-electron chi connectivity index (χ0n) is 11.6. The first-order valence-corrected chi connectivity index (χ1v) is 7.92. The Balaban J connectivity index is 2.41. The summed E-state index contributed by atoms with van der Waals surface area (Å²) in [6.45, 7) is 1.84. The molecule has 0 aliphatic rings. The fraction of sp³-hybridized carbons (Fsp3) is 0.143. The number of aryl methyl sites for hydroxylation is 1. The van der Waals surface area contributed by atoms with E-state index in [0.717, 1.165) is 5.56 Å². The van der Waals surface area contributed by atoms with Crippen molar-refractivity contribution in [1.29, 1.82) is 0 Å². The van der Waals surface area contributed by atoms with Crippen LogP contribution in [-0.2, 0) is 10.0 Å². The Kier molecular flexibility index (Phi) is 4.29. The molecule has 0 amide bonds. The van der Waals surface area contributed by atoms with Crippen molar-refractivity contribution in [3.63, 3.8) is 0 Å². The molecule has 0 aliphatic carbocycles. The van der Waals surface area contributed by atoms with Crippen LogP contribution in [0.1, 0.15) is 5.56 Å². The first-order chi connectivity index (χ1) is 9.83. The van der Waals surface area contributed by atoms with Crippen LogP contribution in [0.3, 0.4) is 0 Å². The number of nitrogens with two attached hydrogens (primary N) is 1. The minimum atomic E-state index is -3.82. The quantitative estimate of drug-likeness (QED) is 0.846. The molecule has 0 aliphatic heterocycles. The normalized spacial score (nSPS) is 11.2. The largest absolute Gasteiger partial charge is 0.497 e. The molecule has 0 bridgehead atoms. The molecule has 0 fully saturated rings. The summed E-state index contributed by atoms with van der Waals surface area (Å²) in [4.78, 5) is -0.0270. The summed E-state index contributed by atoms with van der Waals surface area (Å²) >= 11 is 6.00. The lowest BCUT2D eigenvalue weighted by atomic mass is 10.2. The molecule has 2 aromatic carbocycles. The van der Waals surface area contributed by atoms with E-state index in [0.29, 0.717) is 16.5 Å². The molecule has 7 heteroatoms. The summed E-state index contributed by atoms with van der Waals surface area (Å²) in [7, 11) is -2.34. The first-order valence-electron chi connectivity index (χ1n) is 6.06. The third-order valence-corrected chi connectivity index (χ3v) is 4.64. The highest BCUT2D eigenvalue weighted by Gasteiger charge is 2.19. The maximum atomic E-state index is 12.4.